The summed E-state index contributed by atoms with van der Waals surface area (Å²) in [7, 11) is 2.09. The molecule has 1 aliphatic rings. The molecule has 1 amide bonds. The third kappa shape index (κ3) is 3.47. The van der Waals surface area contributed by atoms with Crippen molar-refractivity contribution >= 4 is 11.6 Å². The van der Waals surface area contributed by atoms with Crippen molar-refractivity contribution in [2.24, 2.45) is 0 Å². The first kappa shape index (κ1) is 13.9. The molecular weight excluding hydrogens is 238 g/mol. The van der Waals surface area contributed by atoms with Crippen LogP contribution < -0.4 is 5.32 Å². The van der Waals surface area contributed by atoms with Gasteiger partial charge in [-0.15, -0.1) is 0 Å². The van der Waals surface area contributed by atoms with Crippen molar-refractivity contribution in [1.82, 2.24) is 9.80 Å². The lowest BCUT2D eigenvalue weighted by Gasteiger charge is -2.38. The summed E-state index contributed by atoms with van der Waals surface area (Å²) in [6.45, 7) is 7.42. The van der Waals surface area contributed by atoms with Crippen molar-refractivity contribution in [2.45, 2.75) is 19.4 Å². The van der Waals surface area contributed by atoms with Crippen molar-refractivity contribution in [3.8, 4) is 0 Å². The van der Waals surface area contributed by atoms with E-state index in [2.05, 4.69) is 17.3 Å². The number of piperazine rings is 1. The van der Waals surface area contributed by atoms with Gasteiger partial charge in [-0.1, -0.05) is 18.2 Å². The average molecular weight is 261 g/mol. The first-order valence-electron chi connectivity index (χ1n) is 6.80. The first-order chi connectivity index (χ1) is 8.99. The normalized spacial score (nSPS) is 17.3. The Bertz CT molecular complexity index is 422. The molecule has 0 atom stereocenters. The number of rotatable bonds is 3. The van der Waals surface area contributed by atoms with Gasteiger partial charge in [0.1, 0.15) is 5.54 Å². The molecule has 1 saturated heterocycles. The number of carbonyl (C=O) groups excluding carboxylic acids is 1. The van der Waals surface area contributed by atoms with E-state index < -0.39 is 5.54 Å². The van der Waals surface area contributed by atoms with E-state index in [4.69, 9.17) is 0 Å². The van der Waals surface area contributed by atoms with E-state index in [1.54, 1.807) is 0 Å². The largest absolute Gasteiger partial charge is 0.372 e. The third-order valence-electron chi connectivity index (χ3n) is 3.56. The molecule has 2 rings (SSSR count). The van der Waals surface area contributed by atoms with Crippen LogP contribution in [0.2, 0.25) is 0 Å². The van der Waals surface area contributed by atoms with Crippen molar-refractivity contribution in [3.05, 3.63) is 30.3 Å². The fourth-order valence-electron chi connectivity index (χ4n) is 2.34. The lowest BCUT2D eigenvalue weighted by Crippen LogP contribution is -2.55. The van der Waals surface area contributed by atoms with Crippen LogP contribution in [0.4, 0.5) is 5.69 Å². The molecule has 0 aliphatic carbocycles. The van der Waals surface area contributed by atoms with Crippen LogP contribution in [0.15, 0.2) is 30.3 Å². The van der Waals surface area contributed by atoms with Crippen LogP contribution >= 0.6 is 0 Å². The zero-order chi connectivity index (χ0) is 13.9. The SMILES string of the molecule is CN1CCN(C(=O)C(C)(C)Nc2ccccc2)CC1. The molecule has 1 fully saturated rings. The summed E-state index contributed by atoms with van der Waals surface area (Å²) in [5.41, 5.74) is 0.409. The van der Waals surface area contributed by atoms with Crippen LogP contribution in [-0.2, 0) is 4.79 Å². The van der Waals surface area contributed by atoms with Gasteiger partial charge in [-0.3, -0.25) is 4.79 Å². The van der Waals surface area contributed by atoms with Gasteiger partial charge in [0, 0.05) is 31.9 Å². The summed E-state index contributed by atoms with van der Waals surface area (Å²) in [5, 5.41) is 3.32. The summed E-state index contributed by atoms with van der Waals surface area (Å²) in [6.07, 6.45) is 0. The number of hydrogen-bond acceptors (Lipinski definition) is 3. The molecule has 1 N–H and O–H groups in total. The number of nitrogens with one attached hydrogen (secondary N) is 1. The molecule has 0 saturated carbocycles. The van der Waals surface area contributed by atoms with Crippen LogP contribution in [0, 0.1) is 0 Å². The zero-order valence-electron chi connectivity index (χ0n) is 12.0. The molecule has 0 radical (unpaired) electrons. The molecule has 0 bridgehead atoms. The van der Waals surface area contributed by atoms with Gasteiger partial charge in [0.25, 0.3) is 0 Å². The van der Waals surface area contributed by atoms with Crippen molar-refractivity contribution in [3.63, 3.8) is 0 Å². The topological polar surface area (TPSA) is 35.6 Å². The highest BCUT2D eigenvalue weighted by Crippen LogP contribution is 2.18. The molecule has 0 unspecified atom stereocenters. The highest BCUT2D eigenvalue weighted by molar-refractivity contribution is 5.88. The number of carbonyl (C=O) groups is 1. The summed E-state index contributed by atoms with van der Waals surface area (Å²) in [4.78, 5) is 16.8. The van der Waals surface area contributed by atoms with Gasteiger partial charge < -0.3 is 15.1 Å². The van der Waals surface area contributed by atoms with E-state index in [1.807, 2.05) is 49.1 Å². The Kier molecular flexibility index (Phi) is 4.10. The number of anilines is 1. The van der Waals surface area contributed by atoms with Crippen LogP contribution in [0.1, 0.15) is 13.8 Å². The van der Waals surface area contributed by atoms with Gasteiger partial charge in [-0.25, -0.2) is 0 Å². The number of hydrogen-bond donors (Lipinski definition) is 1. The zero-order valence-corrected chi connectivity index (χ0v) is 12.0. The summed E-state index contributed by atoms with van der Waals surface area (Å²) in [6, 6.07) is 9.88. The lowest BCUT2D eigenvalue weighted by molar-refractivity contribution is -0.136. The fraction of sp³-hybridized carbons (Fsp3) is 0.533. The Morgan fingerprint density at radius 1 is 1.11 bits per heavy atom. The molecule has 104 valence electrons. The molecule has 1 aromatic rings. The van der Waals surface area contributed by atoms with Gasteiger partial charge in [-0.2, -0.15) is 0 Å². The molecule has 1 heterocycles. The second-order valence-corrected chi connectivity index (χ2v) is 5.71. The van der Waals surface area contributed by atoms with Crippen LogP contribution in [0.5, 0.6) is 0 Å². The van der Waals surface area contributed by atoms with E-state index >= 15 is 0 Å². The summed E-state index contributed by atoms with van der Waals surface area (Å²) >= 11 is 0. The van der Waals surface area contributed by atoms with Crippen LogP contribution in [-0.4, -0.2) is 54.5 Å². The Morgan fingerprint density at radius 2 is 1.68 bits per heavy atom. The maximum atomic E-state index is 12.6. The molecule has 1 aromatic carbocycles. The van der Waals surface area contributed by atoms with E-state index in [0.717, 1.165) is 31.9 Å². The van der Waals surface area contributed by atoms with Gasteiger partial charge in [0.15, 0.2) is 0 Å². The highest BCUT2D eigenvalue weighted by atomic mass is 16.2. The number of benzene rings is 1. The van der Waals surface area contributed by atoms with Crippen molar-refractivity contribution in [1.29, 1.82) is 0 Å². The predicted molar refractivity (Wildman–Crippen MR) is 78.2 cm³/mol. The summed E-state index contributed by atoms with van der Waals surface area (Å²) in [5.74, 6) is 0.171. The molecule has 4 heteroatoms. The van der Waals surface area contributed by atoms with Crippen molar-refractivity contribution in [2.75, 3.05) is 38.5 Å². The maximum absolute atomic E-state index is 12.6. The maximum Gasteiger partial charge on any atom is 0.247 e. The Balaban J connectivity index is 2.00. The van der Waals surface area contributed by atoms with E-state index in [1.165, 1.54) is 0 Å². The van der Waals surface area contributed by atoms with Crippen LogP contribution in [0.3, 0.4) is 0 Å². The van der Waals surface area contributed by atoms with E-state index in [0.29, 0.717) is 0 Å². The van der Waals surface area contributed by atoms with Gasteiger partial charge >= 0.3 is 0 Å². The monoisotopic (exact) mass is 261 g/mol. The van der Waals surface area contributed by atoms with Gasteiger partial charge in [0.05, 0.1) is 0 Å². The summed E-state index contributed by atoms with van der Waals surface area (Å²) < 4.78 is 0. The second kappa shape index (κ2) is 5.61. The molecule has 0 spiro atoms. The van der Waals surface area contributed by atoms with E-state index in [9.17, 15) is 4.79 Å². The Labute approximate surface area is 115 Å². The standard InChI is InChI=1S/C15H23N3O/c1-15(2,16-13-7-5-4-6-8-13)14(19)18-11-9-17(3)10-12-18/h4-8,16H,9-12H2,1-3H3. The molecule has 19 heavy (non-hydrogen) atoms. The minimum absolute atomic E-state index is 0.171. The highest BCUT2D eigenvalue weighted by Gasteiger charge is 2.33. The molecule has 0 aromatic heterocycles. The predicted octanol–water partition coefficient (Wildman–Crippen LogP) is 1.65. The van der Waals surface area contributed by atoms with Gasteiger partial charge in [0.2, 0.25) is 5.91 Å². The third-order valence-corrected chi connectivity index (χ3v) is 3.56. The average Bonchev–Trinajstić information content (AvgIpc) is 2.39. The second-order valence-electron chi connectivity index (χ2n) is 5.71. The molecular formula is C15H23N3O. The van der Waals surface area contributed by atoms with Gasteiger partial charge in [-0.05, 0) is 33.0 Å². The quantitative estimate of drug-likeness (QED) is 0.898. The van der Waals surface area contributed by atoms with E-state index in [-0.39, 0.29) is 5.91 Å². The minimum atomic E-state index is -0.572. The first-order valence-corrected chi connectivity index (χ1v) is 6.80. The number of amides is 1. The molecule has 1 aliphatic heterocycles. The fourth-order valence-corrected chi connectivity index (χ4v) is 2.34. The minimum Gasteiger partial charge on any atom is -0.372 e. The Hall–Kier alpha value is -1.55. The van der Waals surface area contributed by atoms with Crippen LogP contribution in [0.25, 0.3) is 0 Å². The lowest BCUT2D eigenvalue weighted by atomic mass is 10.0. The number of likely N-dealkylation sites (N-methyl/N-ethyl adjacent to an activating group) is 1. The van der Waals surface area contributed by atoms with Crippen molar-refractivity contribution < 1.29 is 4.79 Å². The number of nitrogens with zero attached hydrogens (tertiary/aromatic N) is 2. The smallest absolute Gasteiger partial charge is 0.247 e. The molecule has 4 nitrogen and oxygen atoms in total. The Morgan fingerprint density at radius 3 is 2.26 bits per heavy atom. The number of para-hydroxylation sites is 1.